The lowest BCUT2D eigenvalue weighted by molar-refractivity contribution is 0.0538. The minimum atomic E-state index is 0.0557. The molecule has 0 spiro atoms. The van der Waals surface area contributed by atoms with E-state index < -0.39 is 0 Å². The fourth-order valence-corrected chi connectivity index (χ4v) is 2.99. The molecule has 0 unspecified atom stereocenters. The summed E-state index contributed by atoms with van der Waals surface area (Å²) in [5.41, 5.74) is 0.680. The number of likely N-dealkylation sites (tertiary alicyclic amines) is 1. The number of hydrogen-bond donors (Lipinski definition) is 0. The van der Waals surface area contributed by atoms with E-state index in [1.165, 1.54) is 0 Å². The average molecular weight is 363 g/mol. The Kier molecular flexibility index (Phi) is 8.11. The van der Waals surface area contributed by atoms with Crippen molar-refractivity contribution in [3.8, 4) is 12.0 Å². The molecule has 0 atom stereocenters. The van der Waals surface area contributed by atoms with Crippen molar-refractivity contribution in [1.82, 2.24) is 9.80 Å². The highest BCUT2D eigenvalue weighted by Crippen LogP contribution is 2.17. The molecule has 1 aromatic rings. The fraction of sp³-hybridized carbons (Fsp3) is 0.550. The van der Waals surface area contributed by atoms with Gasteiger partial charge in [0.1, 0.15) is 12.2 Å². The van der Waals surface area contributed by atoms with E-state index in [4.69, 9.17) is 16.3 Å². The molecule has 1 fully saturated rings. The largest absolute Gasteiger partial charge is 0.443 e. The lowest BCUT2D eigenvalue weighted by Gasteiger charge is -2.30. The van der Waals surface area contributed by atoms with Gasteiger partial charge in [0.25, 0.3) is 5.91 Å². The smallest absolute Gasteiger partial charge is 0.253 e. The van der Waals surface area contributed by atoms with E-state index in [2.05, 4.69) is 30.9 Å². The van der Waals surface area contributed by atoms with Crippen molar-refractivity contribution < 1.29 is 9.53 Å². The Morgan fingerprint density at radius 1 is 1.28 bits per heavy atom. The zero-order chi connectivity index (χ0) is 18.1. The number of amides is 1. The van der Waals surface area contributed by atoms with Gasteiger partial charge in [0.2, 0.25) is 0 Å². The Hall–Kier alpha value is -1.70. The van der Waals surface area contributed by atoms with Crippen LogP contribution in [0.2, 0.25) is 5.02 Å². The number of carbonyl (C=O) groups excluding carboxylic acids is 1. The lowest BCUT2D eigenvalue weighted by atomic mass is 10.1. The van der Waals surface area contributed by atoms with Crippen LogP contribution in [0, 0.1) is 12.0 Å². The van der Waals surface area contributed by atoms with Crippen LogP contribution < -0.4 is 0 Å². The summed E-state index contributed by atoms with van der Waals surface area (Å²) in [6.07, 6.45) is 6.59. The minimum Gasteiger partial charge on any atom is -0.443 e. The Balaban J connectivity index is 1.69. The second-order valence-electron chi connectivity index (χ2n) is 6.45. The number of hydrogen-bond acceptors (Lipinski definition) is 3. The van der Waals surface area contributed by atoms with Crippen LogP contribution >= 0.6 is 11.6 Å². The van der Waals surface area contributed by atoms with Gasteiger partial charge in [-0.3, -0.25) is 4.79 Å². The lowest BCUT2D eigenvalue weighted by Crippen LogP contribution is -2.40. The SMILES string of the molecule is CCCN(C)CCC#COC1CCN(C(=O)c2ccc(Cl)cc2)CC1. The van der Waals surface area contributed by atoms with E-state index in [-0.39, 0.29) is 12.0 Å². The summed E-state index contributed by atoms with van der Waals surface area (Å²) in [5, 5.41) is 0.642. The third kappa shape index (κ3) is 6.61. The first kappa shape index (κ1) is 19.6. The predicted molar refractivity (Wildman–Crippen MR) is 102 cm³/mol. The first-order chi connectivity index (χ1) is 12.1. The summed E-state index contributed by atoms with van der Waals surface area (Å²) in [7, 11) is 2.11. The summed E-state index contributed by atoms with van der Waals surface area (Å²) in [6.45, 7) is 5.65. The van der Waals surface area contributed by atoms with Gasteiger partial charge in [0, 0.05) is 49.5 Å². The van der Waals surface area contributed by atoms with Crippen molar-refractivity contribution in [2.24, 2.45) is 0 Å². The molecule has 1 aromatic carbocycles. The molecule has 2 rings (SSSR count). The Bertz CT molecular complexity index is 598. The van der Waals surface area contributed by atoms with E-state index >= 15 is 0 Å². The number of piperidine rings is 1. The van der Waals surface area contributed by atoms with E-state index in [1.54, 1.807) is 24.3 Å². The summed E-state index contributed by atoms with van der Waals surface area (Å²) >= 11 is 5.87. The van der Waals surface area contributed by atoms with E-state index in [0.29, 0.717) is 23.7 Å². The van der Waals surface area contributed by atoms with Crippen LogP contribution in [0.1, 0.15) is 43.0 Å². The van der Waals surface area contributed by atoms with Gasteiger partial charge < -0.3 is 14.5 Å². The first-order valence-electron chi connectivity index (χ1n) is 8.97. The quantitative estimate of drug-likeness (QED) is 0.724. The van der Waals surface area contributed by atoms with E-state index in [1.807, 2.05) is 4.90 Å². The van der Waals surface area contributed by atoms with Crippen LogP contribution in [-0.2, 0) is 4.74 Å². The van der Waals surface area contributed by atoms with Gasteiger partial charge in [-0.15, -0.1) is 0 Å². The van der Waals surface area contributed by atoms with Crippen LogP contribution in [0.25, 0.3) is 0 Å². The van der Waals surface area contributed by atoms with Crippen LogP contribution in [0.5, 0.6) is 0 Å². The van der Waals surface area contributed by atoms with Crippen LogP contribution in [0.15, 0.2) is 24.3 Å². The maximum Gasteiger partial charge on any atom is 0.253 e. The molecule has 4 nitrogen and oxygen atoms in total. The van der Waals surface area contributed by atoms with Gasteiger partial charge in [-0.1, -0.05) is 24.4 Å². The molecule has 1 aliphatic heterocycles. The third-order valence-corrected chi connectivity index (χ3v) is 4.59. The van der Waals surface area contributed by atoms with Crippen molar-refractivity contribution in [2.45, 2.75) is 38.7 Å². The number of ether oxygens (including phenoxy) is 1. The topological polar surface area (TPSA) is 32.8 Å². The average Bonchev–Trinajstić information content (AvgIpc) is 2.62. The molecule has 1 aliphatic rings. The van der Waals surface area contributed by atoms with Crippen LogP contribution in [0.4, 0.5) is 0 Å². The molecule has 1 saturated heterocycles. The zero-order valence-corrected chi connectivity index (χ0v) is 15.9. The molecule has 0 aromatic heterocycles. The summed E-state index contributed by atoms with van der Waals surface area (Å²) in [5.74, 6) is 3.14. The summed E-state index contributed by atoms with van der Waals surface area (Å²) in [4.78, 5) is 16.6. The van der Waals surface area contributed by atoms with E-state index in [9.17, 15) is 4.79 Å². The van der Waals surface area contributed by atoms with Gasteiger partial charge in [-0.05, 0) is 44.3 Å². The van der Waals surface area contributed by atoms with Crippen molar-refractivity contribution in [1.29, 1.82) is 0 Å². The number of rotatable bonds is 6. The van der Waals surface area contributed by atoms with Crippen molar-refractivity contribution in [3.63, 3.8) is 0 Å². The molecule has 0 bridgehead atoms. The van der Waals surface area contributed by atoms with Crippen LogP contribution in [0.3, 0.4) is 0 Å². The molecule has 1 amide bonds. The van der Waals surface area contributed by atoms with Gasteiger partial charge in [-0.25, -0.2) is 0 Å². The monoisotopic (exact) mass is 362 g/mol. The molecule has 0 N–H and O–H groups in total. The summed E-state index contributed by atoms with van der Waals surface area (Å²) < 4.78 is 5.64. The highest BCUT2D eigenvalue weighted by Gasteiger charge is 2.24. The number of benzene rings is 1. The Labute approximate surface area is 156 Å². The van der Waals surface area contributed by atoms with Gasteiger partial charge in [0.05, 0.1) is 0 Å². The number of nitrogens with zero attached hydrogens (tertiary/aromatic N) is 2. The van der Waals surface area contributed by atoms with Crippen molar-refractivity contribution in [2.75, 3.05) is 33.2 Å². The minimum absolute atomic E-state index is 0.0557. The Morgan fingerprint density at radius 2 is 1.96 bits per heavy atom. The maximum atomic E-state index is 12.4. The molecular formula is C20H27ClN2O2. The van der Waals surface area contributed by atoms with E-state index in [0.717, 1.165) is 38.8 Å². The molecule has 0 saturated carbocycles. The van der Waals surface area contributed by atoms with Gasteiger partial charge in [0.15, 0.2) is 0 Å². The third-order valence-electron chi connectivity index (χ3n) is 4.34. The highest BCUT2D eigenvalue weighted by atomic mass is 35.5. The molecule has 1 heterocycles. The predicted octanol–water partition coefficient (Wildman–Crippen LogP) is 3.65. The number of halogens is 1. The molecule has 5 heteroatoms. The van der Waals surface area contributed by atoms with Crippen LogP contribution in [-0.4, -0.2) is 55.0 Å². The fourth-order valence-electron chi connectivity index (χ4n) is 2.87. The molecule has 136 valence electrons. The standard InChI is InChI=1S/C20H27ClN2O2/c1-3-12-22(2)13-4-5-16-25-19-10-14-23(15-11-19)20(24)17-6-8-18(21)9-7-17/h6-9,19H,3-4,10-15H2,1-2H3. The molecule has 0 aliphatic carbocycles. The van der Waals surface area contributed by atoms with Gasteiger partial charge in [-0.2, -0.15) is 0 Å². The normalized spacial score (nSPS) is 15.0. The van der Waals surface area contributed by atoms with Gasteiger partial charge >= 0.3 is 0 Å². The second kappa shape index (κ2) is 10.3. The van der Waals surface area contributed by atoms with Crippen molar-refractivity contribution in [3.05, 3.63) is 34.9 Å². The Morgan fingerprint density at radius 3 is 2.60 bits per heavy atom. The molecule has 25 heavy (non-hydrogen) atoms. The molecular weight excluding hydrogens is 336 g/mol. The number of carbonyl (C=O) groups is 1. The molecule has 0 radical (unpaired) electrons. The second-order valence-corrected chi connectivity index (χ2v) is 6.88. The first-order valence-corrected chi connectivity index (χ1v) is 9.35. The zero-order valence-electron chi connectivity index (χ0n) is 15.1. The van der Waals surface area contributed by atoms with Crippen molar-refractivity contribution >= 4 is 17.5 Å². The highest BCUT2D eigenvalue weighted by molar-refractivity contribution is 6.30. The summed E-state index contributed by atoms with van der Waals surface area (Å²) in [6, 6.07) is 7.04. The maximum absolute atomic E-state index is 12.4.